The highest BCUT2D eigenvalue weighted by Crippen LogP contribution is 2.26. The molecule has 0 unspecified atom stereocenters. The molecule has 0 aliphatic heterocycles. The molecule has 2 N–H and O–H groups in total. The molecule has 0 atom stereocenters. The maximum atomic E-state index is 11.6. The van der Waals surface area contributed by atoms with Crippen LogP contribution in [0.3, 0.4) is 0 Å². The Morgan fingerprint density at radius 1 is 1.56 bits per heavy atom. The highest BCUT2D eigenvalue weighted by atomic mass is 32.1. The monoisotopic (exact) mass is 259 g/mol. The van der Waals surface area contributed by atoms with Gasteiger partial charge in [-0.05, 0) is 24.6 Å². The van der Waals surface area contributed by atoms with E-state index in [0.29, 0.717) is 11.7 Å². The lowest BCUT2D eigenvalue weighted by Gasteiger charge is -2.00. The van der Waals surface area contributed by atoms with Crippen LogP contribution in [0.5, 0.6) is 0 Å². The largest absolute Gasteiger partial charge is 0.301 e. The molecule has 0 radical (unpaired) electrons. The van der Waals surface area contributed by atoms with Crippen molar-refractivity contribution in [3.63, 3.8) is 0 Å². The number of hydrogen-bond acceptors (Lipinski definition) is 4. The van der Waals surface area contributed by atoms with Crippen LogP contribution < -0.4 is 10.6 Å². The van der Waals surface area contributed by atoms with Crippen LogP contribution in [0.4, 0.5) is 5.13 Å². The number of anilines is 1. The molecule has 18 heavy (non-hydrogen) atoms. The number of nitrogens with one attached hydrogen (secondary N) is 2. The van der Waals surface area contributed by atoms with E-state index in [9.17, 15) is 4.79 Å². The molecule has 4 nitrogen and oxygen atoms in total. The predicted octanol–water partition coefficient (Wildman–Crippen LogP) is 1.77. The number of thiazole rings is 1. The third-order valence-corrected chi connectivity index (χ3v) is 3.24. The summed E-state index contributed by atoms with van der Waals surface area (Å²) in [6.45, 7) is 2.60. The first kappa shape index (κ1) is 12.6. The summed E-state index contributed by atoms with van der Waals surface area (Å²) >= 11 is 1.47. The molecular formula is C13H13N3OS. The standard InChI is InChI=1S/C13H13N3OS/c1-3-6-14-8-12(17)16-13-15-10-5-4-9(2)7-11(10)18-13/h1,4-5,7,14H,6,8H2,2H3,(H,15,16,17). The molecule has 0 bridgehead atoms. The van der Waals surface area contributed by atoms with Crippen molar-refractivity contribution in [2.24, 2.45) is 0 Å². The number of carbonyl (C=O) groups is 1. The molecule has 1 aromatic heterocycles. The van der Waals surface area contributed by atoms with Gasteiger partial charge in [-0.15, -0.1) is 6.42 Å². The second-order valence-electron chi connectivity index (χ2n) is 3.85. The van der Waals surface area contributed by atoms with E-state index < -0.39 is 0 Å². The molecule has 1 amide bonds. The van der Waals surface area contributed by atoms with Crippen molar-refractivity contribution in [3.8, 4) is 12.3 Å². The number of nitrogens with zero attached hydrogens (tertiary/aromatic N) is 1. The van der Waals surface area contributed by atoms with Gasteiger partial charge in [0.2, 0.25) is 5.91 Å². The molecule has 2 rings (SSSR count). The van der Waals surface area contributed by atoms with Crippen molar-refractivity contribution in [2.45, 2.75) is 6.92 Å². The molecular weight excluding hydrogens is 246 g/mol. The van der Waals surface area contributed by atoms with E-state index in [0.717, 1.165) is 10.2 Å². The van der Waals surface area contributed by atoms with Gasteiger partial charge in [0, 0.05) is 0 Å². The predicted molar refractivity (Wildman–Crippen MR) is 74.7 cm³/mol. The Bertz CT molecular complexity index is 612. The van der Waals surface area contributed by atoms with Gasteiger partial charge in [-0.2, -0.15) is 0 Å². The van der Waals surface area contributed by atoms with E-state index in [-0.39, 0.29) is 12.5 Å². The van der Waals surface area contributed by atoms with E-state index in [1.54, 1.807) is 0 Å². The first-order valence-corrected chi connectivity index (χ1v) is 6.32. The Morgan fingerprint density at radius 3 is 3.17 bits per heavy atom. The minimum atomic E-state index is -0.138. The van der Waals surface area contributed by atoms with E-state index in [2.05, 4.69) is 27.6 Å². The second kappa shape index (κ2) is 5.63. The van der Waals surface area contributed by atoms with Crippen LogP contribution in [0, 0.1) is 19.3 Å². The molecule has 0 aliphatic rings. The van der Waals surface area contributed by atoms with Crippen LogP contribution in [-0.2, 0) is 4.79 Å². The number of benzene rings is 1. The van der Waals surface area contributed by atoms with Crippen LogP contribution in [0.2, 0.25) is 0 Å². The lowest BCUT2D eigenvalue weighted by Crippen LogP contribution is -2.28. The second-order valence-corrected chi connectivity index (χ2v) is 4.88. The summed E-state index contributed by atoms with van der Waals surface area (Å²) < 4.78 is 1.07. The van der Waals surface area contributed by atoms with Gasteiger partial charge < -0.3 is 5.32 Å². The zero-order valence-electron chi connectivity index (χ0n) is 9.99. The number of rotatable bonds is 4. The summed E-state index contributed by atoms with van der Waals surface area (Å²) in [6.07, 6.45) is 5.08. The normalized spacial score (nSPS) is 10.2. The molecule has 0 saturated heterocycles. The highest BCUT2D eigenvalue weighted by molar-refractivity contribution is 7.22. The first-order valence-electron chi connectivity index (χ1n) is 5.50. The number of aryl methyl sites for hydroxylation is 1. The average molecular weight is 259 g/mol. The van der Waals surface area contributed by atoms with Gasteiger partial charge in [0.15, 0.2) is 5.13 Å². The molecule has 2 aromatic rings. The number of amides is 1. The SMILES string of the molecule is C#CCNCC(=O)Nc1nc2ccc(C)cc2s1. The highest BCUT2D eigenvalue weighted by Gasteiger charge is 2.07. The van der Waals surface area contributed by atoms with E-state index >= 15 is 0 Å². The van der Waals surface area contributed by atoms with E-state index in [4.69, 9.17) is 6.42 Å². The summed E-state index contributed by atoms with van der Waals surface area (Å²) in [4.78, 5) is 15.9. The summed E-state index contributed by atoms with van der Waals surface area (Å²) in [5.41, 5.74) is 2.08. The van der Waals surface area contributed by atoms with Crippen LogP contribution >= 0.6 is 11.3 Å². The Kier molecular flexibility index (Phi) is 3.92. The van der Waals surface area contributed by atoms with Gasteiger partial charge in [-0.3, -0.25) is 10.1 Å². The van der Waals surface area contributed by atoms with Gasteiger partial charge in [0.25, 0.3) is 0 Å². The van der Waals surface area contributed by atoms with E-state index in [1.165, 1.54) is 16.9 Å². The Morgan fingerprint density at radius 2 is 2.39 bits per heavy atom. The van der Waals surface area contributed by atoms with Crippen molar-refractivity contribution in [3.05, 3.63) is 23.8 Å². The fourth-order valence-electron chi connectivity index (χ4n) is 1.50. The fourth-order valence-corrected chi connectivity index (χ4v) is 2.48. The number of aromatic nitrogens is 1. The topological polar surface area (TPSA) is 54.0 Å². The maximum Gasteiger partial charge on any atom is 0.240 e. The Balaban J connectivity index is 2.03. The van der Waals surface area contributed by atoms with Crippen LogP contribution in [0.15, 0.2) is 18.2 Å². The van der Waals surface area contributed by atoms with Crippen molar-refractivity contribution < 1.29 is 4.79 Å². The number of hydrogen-bond donors (Lipinski definition) is 2. The minimum absolute atomic E-state index is 0.138. The molecule has 1 aromatic carbocycles. The van der Waals surface area contributed by atoms with Crippen molar-refractivity contribution in [1.82, 2.24) is 10.3 Å². The Hall–Kier alpha value is -1.90. The molecule has 0 saturated carbocycles. The number of terminal acetylenes is 1. The maximum absolute atomic E-state index is 11.6. The molecule has 0 spiro atoms. The molecule has 92 valence electrons. The van der Waals surface area contributed by atoms with Gasteiger partial charge >= 0.3 is 0 Å². The molecule has 5 heteroatoms. The molecule has 0 fully saturated rings. The Labute approximate surface area is 109 Å². The van der Waals surface area contributed by atoms with Crippen LogP contribution in [-0.4, -0.2) is 24.0 Å². The average Bonchev–Trinajstić information content (AvgIpc) is 2.70. The van der Waals surface area contributed by atoms with Gasteiger partial charge in [-0.1, -0.05) is 23.3 Å². The zero-order valence-corrected chi connectivity index (χ0v) is 10.8. The minimum Gasteiger partial charge on any atom is -0.301 e. The molecule has 1 heterocycles. The number of fused-ring (bicyclic) bond motifs is 1. The third-order valence-electron chi connectivity index (χ3n) is 2.30. The van der Waals surface area contributed by atoms with Crippen LogP contribution in [0.25, 0.3) is 10.2 Å². The van der Waals surface area contributed by atoms with E-state index in [1.807, 2.05) is 19.1 Å². The lowest BCUT2D eigenvalue weighted by molar-refractivity contribution is -0.115. The summed E-state index contributed by atoms with van der Waals surface area (Å²) in [7, 11) is 0. The van der Waals surface area contributed by atoms with Crippen molar-refractivity contribution in [2.75, 3.05) is 18.4 Å². The quantitative estimate of drug-likeness (QED) is 0.650. The lowest BCUT2D eigenvalue weighted by atomic mass is 10.2. The van der Waals surface area contributed by atoms with Gasteiger partial charge in [-0.25, -0.2) is 4.98 Å². The summed E-state index contributed by atoms with van der Waals surface area (Å²) in [5, 5.41) is 6.19. The van der Waals surface area contributed by atoms with Crippen LogP contribution in [0.1, 0.15) is 5.56 Å². The first-order chi connectivity index (χ1) is 8.69. The summed E-state index contributed by atoms with van der Waals surface area (Å²) in [6, 6.07) is 6.01. The molecule has 0 aliphatic carbocycles. The summed E-state index contributed by atoms with van der Waals surface area (Å²) in [5.74, 6) is 2.27. The third kappa shape index (κ3) is 3.06. The zero-order chi connectivity index (χ0) is 13.0. The van der Waals surface area contributed by atoms with Crippen molar-refractivity contribution in [1.29, 1.82) is 0 Å². The fraction of sp³-hybridized carbons (Fsp3) is 0.231. The van der Waals surface area contributed by atoms with Crippen molar-refractivity contribution >= 4 is 32.6 Å². The van der Waals surface area contributed by atoms with Gasteiger partial charge in [0.05, 0.1) is 23.3 Å². The number of carbonyl (C=O) groups excluding carboxylic acids is 1. The smallest absolute Gasteiger partial charge is 0.240 e. The van der Waals surface area contributed by atoms with Gasteiger partial charge in [0.1, 0.15) is 0 Å².